The molecular formula is C17H16O2S2. The second-order valence-electron chi connectivity index (χ2n) is 5.04. The van der Waals surface area contributed by atoms with Gasteiger partial charge < -0.3 is 4.74 Å². The number of methoxy groups -OCH3 is 1. The van der Waals surface area contributed by atoms with Crippen molar-refractivity contribution in [1.82, 2.24) is 0 Å². The summed E-state index contributed by atoms with van der Waals surface area (Å²) in [6.45, 7) is 0. The van der Waals surface area contributed by atoms with Crippen LogP contribution in [0.15, 0.2) is 58.9 Å². The molecule has 108 valence electrons. The molecule has 0 atom stereocenters. The quantitative estimate of drug-likeness (QED) is 0.831. The first-order valence-electron chi connectivity index (χ1n) is 6.72. The Morgan fingerprint density at radius 1 is 1.24 bits per heavy atom. The largest absolute Gasteiger partial charge is 0.497 e. The molecule has 3 rings (SSSR count). The third kappa shape index (κ3) is 3.11. The molecule has 0 saturated carbocycles. The average Bonchev–Trinajstić information content (AvgIpc) is 2.91. The highest BCUT2D eigenvalue weighted by Crippen LogP contribution is 2.49. The monoisotopic (exact) mass is 316 g/mol. The van der Waals surface area contributed by atoms with E-state index in [4.69, 9.17) is 4.74 Å². The van der Waals surface area contributed by atoms with Gasteiger partial charge in [-0.2, -0.15) is 0 Å². The van der Waals surface area contributed by atoms with Crippen LogP contribution in [0.4, 0.5) is 0 Å². The van der Waals surface area contributed by atoms with Gasteiger partial charge in [0.15, 0.2) is 5.78 Å². The Kier molecular flexibility index (Phi) is 4.27. The molecule has 1 heterocycles. The van der Waals surface area contributed by atoms with Gasteiger partial charge in [0.1, 0.15) is 5.75 Å². The molecule has 0 unspecified atom stereocenters. The normalized spacial score (nSPS) is 19.1. The van der Waals surface area contributed by atoms with Crippen LogP contribution < -0.4 is 4.74 Å². The summed E-state index contributed by atoms with van der Waals surface area (Å²) in [7, 11) is 1.68. The van der Waals surface area contributed by atoms with Crippen molar-refractivity contribution in [2.24, 2.45) is 5.41 Å². The van der Waals surface area contributed by atoms with Gasteiger partial charge in [0.2, 0.25) is 0 Å². The van der Waals surface area contributed by atoms with E-state index < -0.39 is 0 Å². The van der Waals surface area contributed by atoms with Crippen LogP contribution in [0, 0.1) is 5.41 Å². The van der Waals surface area contributed by atoms with Crippen molar-refractivity contribution in [2.45, 2.75) is 5.75 Å². The van der Waals surface area contributed by atoms with E-state index in [2.05, 4.69) is 17.5 Å². The minimum Gasteiger partial charge on any atom is -0.497 e. The molecule has 1 aromatic rings. The fourth-order valence-corrected chi connectivity index (χ4v) is 4.96. The number of ether oxygens (including phenoxy) is 1. The van der Waals surface area contributed by atoms with Crippen LogP contribution in [0.25, 0.3) is 0 Å². The topological polar surface area (TPSA) is 26.3 Å². The second kappa shape index (κ2) is 6.16. The lowest BCUT2D eigenvalue weighted by Gasteiger charge is -2.26. The van der Waals surface area contributed by atoms with Gasteiger partial charge in [-0.05, 0) is 35.3 Å². The highest BCUT2D eigenvalue weighted by Gasteiger charge is 2.35. The highest BCUT2D eigenvalue weighted by molar-refractivity contribution is 8.06. The first kappa shape index (κ1) is 14.5. The van der Waals surface area contributed by atoms with Crippen LogP contribution in [0.3, 0.4) is 0 Å². The second-order valence-corrected chi connectivity index (χ2v) is 6.91. The fourth-order valence-electron chi connectivity index (χ4n) is 2.32. The number of hydrogen-bond acceptors (Lipinski definition) is 4. The number of hydrogen-bond donors (Lipinski definition) is 0. The maximum absolute atomic E-state index is 11.3. The van der Waals surface area contributed by atoms with Crippen LogP contribution in [-0.4, -0.2) is 18.6 Å². The molecular weight excluding hydrogens is 300 g/mol. The molecule has 0 saturated heterocycles. The van der Waals surface area contributed by atoms with Gasteiger partial charge in [-0.1, -0.05) is 24.3 Å². The molecule has 0 N–H and O–H groups in total. The standard InChI is InChI=1S/C17H16O2S2/c1-19-15-4-2-13(3-5-15)10-21-16-11-20-12-17(16)8-6-14(18)7-9-17/h2-9,11H,10,12H2,1H3. The molecule has 1 aliphatic carbocycles. The Hall–Kier alpha value is -1.39. The maximum Gasteiger partial charge on any atom is 0.178 e. The zero-order valence-electron chi connectivity index (χ0n) is 11.7. The van der Waals surface area contributed by atoms with E-state index in [1.165, 1.54) is 10.5 Å². The predicted octanol–water partition coefficient (Wildman–Crippen LogP) is 4.20. The average molecular weight is 316 g/mol. The molecule has 1 spiro atoms. The van der Waals surface area contributed by atoms with Crippen molar-refractivity contribution in [3.05, 3.63) is 64.4 Å². The summed E-state index contributed by atoms with van der Waals surface area (Å²) >= 11 is 3.66. The summed E-state index contributed by atoms with van der Waals surface area (Å²) in [5.41, 5.74) is 1.20. The summed E-state index contributed by atoms with van der Waals surface area (Å²) in [6.07, 6.45) is 7.46. The molecule has 1 aliphatic heterocycles. The smallest absolute Gasteiger partial charge is 0.178 e. The molecule has 0 amide bonds. The lowest BCUT2D eigenvalue weighted by Crippen LogP contribution is -2.19. The summed E-state index contributed by atoms with van der Waals surface area (Å²) in [5.74, 6) is 2.87. The number of rotatable bonds is 4. The molecule has 0 radical (unpaired) electrons. The number of benzene rings is 1. The molecule has 2 aliphatic rings. The minimum atomic E-state index is -0.0737. The van der Waals surface area contributed by atoms with E-state index in [1.807, 2.05) is 47.8 Å². The molecule has 0 bridgehead atoms. The Balaban J connectivity index is 1.68. The van der Waals surface area contributed by atoms with Crippen LogP contribution in [0.2, 0.25) is 0 Å². The SMILES string of the molecule is COc1ccc(CSC2=CSCC23C=CC(=O)C=C3)cc1. The minimum absolute atomic E-state index is 0.0737. The van der Waals surface area contributed by atoms with Crippen LogP contribution >= 0.6 is 23.5 Å². The highest BCUT2D eigenvalue weighted by atomic mass is 32.2. The van der Waals surface area contributed by atoms with Crippen LogP contribution in [-0.2, 0) is 10.5 Å². The summed E-state index contributed by atoms with van der Waals surface area (Å²) in [6, 6.07) is 8.17. The summed E-state index contributed by atoms with van der Waals surface area (Å²) < 4.78 is 5.18. The number of allylic oxidation sites excluding steroid dienone is 5. The third-order valence-electron chi connectivity index (χ3n) is 3.61. The third-order valence-corrected chi connectivity index (χ3v) is 6.10. The first-order valence-corrected chi connectivity index (χ1v) is 8.76. The van der Waals surface area contributed by atoms with Crippen molar-refractivity contribution in [3.8, 4) is 5.75 Å². The van der Waals surface area contributed by atoms with Gasteiger partial charge in [0, 0.05) is 21.8 Å². The Bertz CT molecular complexity index is 611. The first-order chi connectivity index (χ1) is 10.2. The summed E-state index contributed by atoms with van der Waals surface area (Å²) in [5, 5.41) is 2.22. The lowest BCUT2D eigenvalue weighted by molar-refractivity contribution is -0.110. The molecule has 0 aromatic heterocycles. The maximum atomic E-state index is 11.3. The van der Waals surface area contributed by atoms with E-state index in [0.29, 0.717) is 0 Å². The van der Waals surface area contributed by atoms with Crippen molar-refractivity contribution in [2.75, 3.05) is 12.9 Å². The van der Waals surface area contributed by atoms with Gasteiger partial charge in [0.05, 0.1) is 7.11 Å². The van der Waals surface area contributed by atoms with Gasteiger partial charge in [-0.15, -0.1) is 23.5 Å². The summed E-state index contributed by atoms with van der Waals surface area (Å²) in [4.78, 5) is 12.7. The van der Waals surface area contributed by atoms with Gasteiger partial charge in [0.25, 0.3) is 0 Å². The fraction of sp³-hybridized carbons (Fsp3) is 0.235. The number of carbonyl (C=O) groups excluding carboxylic acids is 1. The predicted molar refractivity (Wildman–Crippen MR) is 90.6 cm³/mol. The van der Waals surface area contributed by atoms with E-state index in [-0.39, 0.29) is 11.2 Å². The van der Waals surface area contributed by atoms with Crippen molar-refractivity contribution in [3.63, 3.8) is 0 Å². The Morgan fingerprint density at radius 3 is 2.62 bits per heavy atom. The van der Waals surface area contributed by atoms with Gasteiger partial charge in [-0.25, -0.2) is 0 Å². The molecule has 0 fully saturated rings. The number of thioether (sulfide) groups is 2. The zero-order chi connectivity index (χ0) is 14.7. The van der Waals surface area contributed by atoms with E-state index in [0.717, 1.165) is 17.3 Å². The van der Waals surface area contributed by atoms with Gasteiger partial charge in [-0.3, -0.25) is 4.79 Å². The molecule has 21 heavy (non-hydrogen) atoms. The Morgan fingerprint density at radius 2 is 1.95 bits per heavy atom. The molecule has 4 heteroatoms. The van der Waals surface area contributed by atoms with Crippen molar-refractivity contribution >= 4 is 29.3 Å². The molecule has 2 nitrogen and oxygen atoms in total. The van der Waals surface area contributed by atoms with E-state index in [1.54, 1.807) is 19.3 Å². The molecule has 1 aromatic carbocycles. The lowest BCUT2D eigenvalue weighted by atomic mass is 9.86. The Labute approximate surface area is 133 Å². The van der Waals surface area contributed by atoms with Crippen molar-refractivity contribution < 1.29 is 9.53 Å². The van der Waals surface area contributed by atoms with Crippen molar-refractivity contribution in [1.29, 1.82) is 0 Å². The van der Waals surface area contributed by atoms with Gasteiger partial charge >= 0.3 is 0 Å². The van der Waals surface area contributed by atoms with E-state index in [9.17, 15) is 4.79 Å². The zero-order valence-corrected chi connectivity index (χ0v) is 13.4. The van der Waals surface area contributed by atoms with Crippen LogP contribution in [0.5, 0.6) is 5.75 Å². The number of ketones is 1. The van der Waals surface area contributed by atoms with Crippen LogP contribution in [0.1, 0.15) is 5.56 Å². The number of carbonyl (C=O) groups is 1. The van der Waals surface area contributed by atoms with E-state index >= 15 is 0 Å².